The monoisotopic (exact) mass is 514 g/mol. The molecule has 0 saturated heterocycles. The second-order valence-electron chi connectivity index (χ2n) is 6.69. The summed E-state index contributed by atoms with van der Waals surface area (Å²) < 4.78 is 0. The summed E-state index contributed by atoms with van der Waals surface area (Å²) in [6, 6.07) is 18.1. The Morgan fingerprint density at radius 3 is 1.91 bits per heavy atom. The number of benzene rings is 2. The smallest absolute Gasteiger partial charge is 0.0253 e. The van der Waals surface area contributed by atoms with E-state index in [-0.39, 0.29) is 14.9 Å². The second kappa shape index (κ2) is 23.9. The number of hydrogen-bond acceptors (Lipinski definition) is 2. The Labute approximate surface area is 220 Å². The van der Waals surface area contributed by atoms with Crippen LogP contribution < -0.4 is 0 Å². The van der Waals surface area contributed by atoms with Gasteiger partial charge in [0.05, 0.1) is 0 Å². The quantitative estimate of drug-likeness (QED) is 0.327. The van der Waals surface area contributed by atoms with Gasteiger partial charge in [-0.25, -0.2) is 12.2 Å². The molecule has 0 fully saturated rings. The van der Waals surface area contributed by atoms with E-state index in [9.17, 15) is 9.59 Å². The number of allylic oxidation sites excluding steroid dienone is 4. The summed E-state index contributed by atoms with van der Waals surface area (Å²) in [5.41, 5.74) is 5.51. The molecule has 4 rings (SSSR count). The molecule has 0 radical (unpaired) electrons. The van der Waals surface area contributed by atoms with E-state index < -0.39 is 11.9 Å². The molecule has 0 aromatic heterocycles. The fourth-order valence-corrected chi connectivity index (χ4v) is 2.77. The van der Waals surface area contributed by atoms with Gasteiger partial charge in [-0.1, -0.05) is 49.2 Å². The van der Waals surface area contributed by atoms with E-state index >= 15 is 0 Å². The standard InChI is InChI=1S/C13H9.C5H5.2C4H8O2.2CH3.H2Si.Ti/c1-3-7-12-10(5-1)9-11-6-2-4-8-13(11)12;1-2-4-5-3-1;2*1-2-3-4(5)6;;;;/h1-5,7-8H,9H2;1-3H,4H2;2*2-3H2,1H3,(H,5,6);2*1H3;1H2;/q2*-1;;;2*-1;;. The van der Waals surface area contributed by atoms with E-state index in [4.69, 9.17) is 10.2 Å². The predicted molar refractivity (Wildman–Crippen MR) is 142 cm³/mol. The molecule has 2 aliphatic carbocycles. The van der Waals surface area contributed by atoms with Crippen molar-refractivity contribution in [3.63, 3.8) is 0 Å². The molecule has 0 amide bonds. The minimum Gasteiger partial charge on any atom is -0.179 e. The Hall–Kier alpha value is -2.21. The molecule has 0 atom stereocenters. The maximum absolute atomic E-state index is 9.60. The first kappa shape index (κ1) is 36.4. The van der Waals surface area contributed by atoms with Crippen LogP contribution in [0.5, 0.6) is 0 Å². The molecule has 34 heavy (non-hydrogen) atoms. The molecule has 6 heteroatoms. The molecule has 2 aromatic rings. The average Bonchev–Trinajstić information content (AvgIpc) is 3.48. The van der Waals surface area contributed by atoms with Crippen molar-refractivity contribution in [3.05, 3.63) is 98.8 Å². The first-order chi connectivity index (χ1) is 15.5. The van der Waals surface area contributed by atoms with Crippen LogP contribution >= 0.6 is 0 Å². The zero-order valence-electron chi connectivity index (χ0n) is 20.9. The molecule has 0 spiro atoms. The molecule has 2 N–H and O–H groups in total. The number of carboxylic acid groups (broad SMARTS) is 2. The number of hydrogen-bond donors (Lipinski definition) is 2. The maximum atomic E-state index is 9.60. The summed E-state index contributed by atoms with van der Waals surface area (Å²) in [4.78, 5) is 19.2. The Morgan fingerprint density at radius 1 is 0.941 bits per heavy atom. The van der Waals surface area contributed by atoms with Crippen molar-refractivity contribution in [2.75, 3.05) is 0 Å². The van der Waals surface area contributed by atoms with Crippen LogP contribution in [0.4, 0.5) is 0 Å². The maximum Gasteiger partial charge on any atom is -0.0253 e. The fraction of sp³-hybridized carbons (Fsp3) is 0.286. The van der Waals surface area contributed by atoms with Gasteiger partial charge in [0.15, 0.2) is 0 Å². The number of aliphatic carboxylic acids is 2. The SMILES string of the molecule is CCCC(=O)O.CCCC(=O)O.[C-]1=CC=CC1.[CH3-].[CH3-].[SiH2]=[Ti].[c-]1cccc2c1Cc1ccccc1-2. The normalized spacial score (nSPS) is 10.3. The van der Waals surface area contributed by atoms with E-state index in [1.807, 2.05) is 58.9 Å². The molecule has 186 valence electrons. The number of rotatable bonds is 4. The molecule has 0 heterocycles. The average molecular weight is 515 g/mol. The van der Waals surface area contributed by atoms with Crippen molar-refractivity contribution in [3.8, 4) is 11.1 Å². The van der Waals surface area contributed by atoms with Gasteiger partial charge in [-0.15, -0.1) is 12.0 Å². The van der Waals surface area contributed by atoms with Gasteiger partial charge in [-0.05, 0) is 19.3 Å². The minimum atomic E-state index is -0.711. The Morgan fingerprint density at radius 2 is 1.50 bits per heavy atom. The second-order valence-corrected chi connectivity index (χ2v) is 6.69. The molecule has 4 nitrogen and oxygen atoms in total. The van der Waals surface area contributed by atoms with Crippen molar-refractivity contribution >= 4 is 19.6 Å². The van der Waals surface area contributed by atoms with E-state index in [2.05, 4.69) is 54.6 Å². The molecule has 0 saturated carbocycles. The third kappa shape index (κ3) is 16.4. The van der Waals surface area contributed by atoms with Gasteiger partial charge in [0.25, 0.3) is 0 Å². The topological polar surface area (TPSA) is 74.6 Å². The molecule has 2 aliphatic rings. The van der Waals surface area contributed by atoms with Gasteiger partial charge in [0.2, 0.25) is 0 Å². The van der Waals surface area contributed by atoms with Gasteiger partial charge in [0.1, 0.15) is 0 Å². The van der Waals surface area contributed by atoms with Crippen LogP contribution in [0, 0.1) is 27.0 Å². The number of fused-ring (bicyclic) bond motifs is 3. The van der Waals surface area contributed by atoms with Gasteiger partial charge in [0, 0.05) is 12.8 Å². The Bertz CT molecular complexity index is 809. The van der Waals surface area contributed by atoms with Crippen LogP contribution in [0.25, 0.3) is 11.1 Å². The van der Waals surface area contributed by atoms with Crippen LogP contribution in [0.3, 0.4) is 0 Å². The predicted octanol–water partition coefficient (Wildman–Crippen LogP) is 6.09. The van der Waals surface area contributed by atoms with Gasteiger partial charge >= 0.3 is 38.7 Å². The van der Waals surface area contributed by atoms with Gasteiger partial charge in [-0.2, -0.15) is 35.9 Å². The van der Waals surface area contributed by atoms with Crippen LogP contribution in [0.15, 0.2) is 60.7 Å². The minimum absolute atomic E-state index is 0. The van der Waals surface area contributed by atoms with Crippen molar-refractivity contribution in [1.29, 1.82) is 0 Å². The van der Waals surface area contributed by atoms with E-state index in [1.54, 1.807) is 0 Å². The van der Waals surface area contributed by atoms with E-state index in [0.717, 1.165) is 25.7 Å². The number of carbonyl (C=O) groups is 2. The Kier molecular flexibility index (Phi) is 25.6. The molecular formula is C28H38O4SiTi-4. The Balaban J connectivity index is -0.000000395. The zero-order valence-corrected chi connectivity index (χ0v) is 23.9. The van der Waals surface area contributed by atoms with Crippen LogP contribution in [-0.4, -0.2) is 29.8 Å². The van der Waals surface area contributed by atoms with E-state index in [0.29, 0.717) is 12.8 Å². The summed E-state index contributed by atoms with van der Waals surface area (Å²) in [5, 5.41) is 15.8. The van der Waals surface area contributed by atoms with Crippen molar-refractivity contribution in [2.24, 2.45) is 0 Å². The van der Waals surface area contributed by atoms with Crippen LogP contribution in [0.1, 0.15) is 57.1 Å². The van der Waals surface area contributed by atoms with E-state index in [1.165, 1.54) is 22.3 Å². The van der Waals surface area contributed by atoms with Crippen molar-refractivity contribution in [1.82, 2.24) is 0 Å². The molecule has 2 aromatic carbocycles. The van der Waals surface area contributed by atoms with Crippen molar-refractivity contribution in [2.45, 2.75) is 52.4 Å². The van der Waals surface area contributed by atoms with Gasteiger partial charge in [-0.3, -0.25) is 15.7 Å². The molecule has 0 bridgehead atoms. The van der Waals surface area contributed by atoms with Gasteiger partial charge < -0.3 is 25.1 Å². The third-order valence-corrected chi connectivity index (χ3v) is 4.13. The summed E-state index contributed by atoms with van der Waals surface area (Å²) in [6.07, 6.45) is 13.1. The first-order valence-corrected chi connectivity index (χ1v) is 14.6. The zero-order chi connectivity index (χ0) is 24.2. The summed E-state index contributed by atoms with van der Waals surface area (Å²) in [5.74, 6) is -1.42. The third-order valence-electron chi connectivity index (χ3n) is 4.13. The summed E-state index contributed by atoms with van der Waals surface area (Å²) in [7, 11) is 1.86. The molecule has 0 unspecified atom stereocenters. The first-order valence-electron chi connectivity index (χ1n) is 10.6. The summed E-state index contributed by atoms with van der Waals surface area (Å²) >= 11 is 2.03. The fourth-order valence-electron chi connectivity index (χ4n) is 2.77. The molecular weight excluding hydrogens is 476 g/mol. The largest absolute Gasteiger partial charge is 0.179 e. The number of carboxylic acids is 2. The molecule has 0 aliphatic heterocycles. The van der Waals surface area contributed by atoms with Crippen molar-refractivity contribution < 1.29 is 39.0 Å². The summed E-state index contributed by atoms with van der Waals surface area (Å²) in [6.45, 7) is 3.68. The van der Waals surface area contributed by atoms with Crippen LogP contribution in [0.2, 0.25) is 0 Å². The van der Waals surface area contributed by atoms with Crippen LogP contribution in [-0.2, 0) is 35.2 Å².